The largest absolute Gasteiger partial charge is 0.490 e. The van der Waals surface area contributed by atoms with Gasteiger partial charge in [0, 0.05) is 17.3 Å². The minimum Gasteiger partial charge on any atom is -0.490 e. The summed E-state index contributed by atoms with van der Waals surface area (Å²) in [4.78, 5) is 21.0. The molecule has 0 saturated carbocycles. The van der Waals surface area contributed by atoms with Crippen LogP contribution >= 0.6 is 0 Å². The monoisotopic (exact) mass is 430 g/mol. The molecule has 2 aromatic carbocycles. The Morgan fingerprint density at radius 3 is 2.81 bits per heavy atom. The predicted octanol–water partition coefficient (Wildman–Crippen LogP) is 4.82. The molecule has 1 aliphatic carbocycles. The van der Waals surface area contributed by atoms with E-state index >= 15 is 0 Å². The number of benzene rings is 2. The molecule has 0 saturated heterocycles. The Labute approximate surface area is 187 Å². The van der Waals surface area contributed by atoms with Crippen molar-refractivity contribution in [2.45, 2.75) is 32.6 Å². The third-order valence-corrected chi connectivity index (χ3v) is 5.58. The van der Waals surface area contributed by atoms with Crippen LogP contribution in [0.1, 0.15) is 35.1 Å². The van der Waals surface area contributed by atoms with Crippen LogP contribution in [0.5, 0.6) is 5.75 Å². The SMILES string of the molecule is Cc1c(CC(=O)O)cccc1OCCO/N=C1\CCCc2cc(-c3ccccn3)ccc21. The van der Waals surface area contributed by atoms with Gasteiger partial charge in [-0.3, -0.25) is 9.78 Å². The Bertz CT molecular complexity index is 1130. The summed E-state index contributed by atoms with van der Waals surface area (Å²) in [5, 5.41) is 13.4. The summed E-state index contributed by atoms with van der Waals surface area (Å²) >= 11 is 0. The number of rotatable bonds is 8. The van der Waals surface area contributed by atoms with E-state index in [1.54, 1.807) is 12.1 Å². The summed E-state index contributed by atoms with van der Waals surface area (Å²) in [6.45, 7) is 2.51. The molecule has 4 rings (SSSR count). The maximum atomic E-state index is 11.0. The second kappa shape index (κ2) is 10.1. The fourth-order valence-corrected chi connectivity index (χ4v) is 3.93. The number of aryl methyl sites for hydroxylation is 1. The molecular weight excluding hydrogens is 404 g/mol. The quantitative estimate of drug-likeness (QED) is 0.409. The van der Waals surface area contributed by atoms with Crippen molar-refractivity contribution in [3.05, 3.63) is 83.0 Å². The van der Waals surface area contributed by atoms with Crippen LogP contribution < -0.4 is 4.74 Å². The lowest BCUT2D eigenvalue weighted by Gasteiger charge is -2.18. The summed E-state index contributed by atoms with van der Waals surface area (Å²) < 4.78 is 5.79. The molecule has 1 N–H and O–H groups in total. The number of aromatic nitrogens is 1. The molecule has 0 aliphatic heterocycles. The number of oxime groups is 1. The molecular formula is C26H26N2O4. The number of hydrogen-bond donors (Lipinski definition) is 1. The zero-order valence-corrected chi connectivity index (χ0v) is 18.1. The lowest BCUT2D eigenvalue weighted by Crippen LogP contribution is -2.14. The Kier molecular flexibility index (Phi) is 6.80. The molecule has 1 aliphatic rings. The molecule has 0 spiro atoms. The number of fused-ring (bicyclic) bond motifs is 1. The molecule has 3 aromatic rings. The summed E-state index contributed by atoms with van der Waals surface area (Å²) in [6.07, 6.45) is 4.72. The molecule has 0 unspecified atom stereocenters. The van der Waals surface area contributed by atoms with Crippen molar-refractivity contribution >= 4 is 11.7 Å². The van der Waals surface area contributed by atoms with E-state index < -0.39 is 5.97 Å². The number of carboxylic acid groups (broad SMARTS) is 1. The van der Waals surface area contributed by atoms with E-state index in [4.69, 9.17) is 14.7 Å². The summed E-state index contributed by atoms with van der Waals surface area (Å²) in [7, 11) is 0. The number of carbonyl (C=O) groups is 1. The molecule has 32 heavy (non-hydrogen) atoms. The van der Waals surface area contributed by atoms with Crippen molar-refractivity contribution in [1.29, 1.82) is 0 Å². The van der Waals surface area contributed by atoms with Crippen molar-refractivity contribution in [2.24, 2.45) is 5.16 Å². The first-order valence-corrected chi connectivity index (χ1v) is 10.8. The number of nitrogens with zero attached hydrogens (tertiary/aromatic N) is 2. The van der Waals surface area contributed by atoms with Crippen molar-refractivity contribution in [1.82, 2.24) is 4.98 Å². The van der Waals surface area contributed by atoms with Gasteiger partial charge in [-0.05, 0) is 67.1 Å². The van der Waals surface area contributed by atoms with Gasteiger partial charge in [0.25, 0.3) is 0 Å². The van der Waals surface area contributed by atoms with E-state index in [0.717, 1.165) is 52.9 Å². The van der Waals surface area contributed by atoms with E-state index in [-0.39, 0.29) is 6.42 Å². The van der Waals surface area contributed by atoms with Gasteiger partial charge in [0.1, 0.15) is 12.4 Å². The molecule has 0 fully saturated rings. The average molecular weight is 431 g/mol. The lowest BCUT2D eigenvalue weighted by atomic mass is 9.88. The first-order chi connectivity index (χ1) is 15.6. The van der Waals surface area contributed by atoms with E-state index in [1.165, 1.54) is 5.56 Å². The van der Waals surface area contributed by atoms with Crippen molar-refractivity contribution in [3.8, 4) is 17.0 Å². The minimum atomic E-state index is -0.857. The highest BCUT2D eigenvalue weighted by molar-refractivity contribution is 6.02. The van der Waals surface area contributed by atoms with Crippen LogP contribution in [0, 0.1) is 6.92 Å². The summed E-state index contributed by atoms with van der Waals surface area (Å²) in [5.74, 6) is -0.186. The Morgan fingerprint density at radius 2 is 2.00 bits per heavy atom. The van der Waals surface area contributed by atoms with Crippen LogP contribution in [0.15, 0.2) is 65.9 Å². The third-order valence-electron chi connectivity index (χ3n) is 5.58. The summed E-state index contributed by atoms with van der Waals surface area (Å²) in [5.41, 5.74) is 7.03. The fraction of sp³-hybridized carbons (Fsp3) is 0.269. The molecule has 6 heteroatoms. The van der Waals surface area contributed by atoms with Gasteiger partial charge in [-0.2, -0.15) is 0 Å². The average Bonchev–Trinajstić information content (AvgIpc) is 2.81. The van der Waals surface area contributed by atoms with Crippen molar-refractivity contribution in [3.63, 3.8) is 0 Å². The number of hydrogen-bond acceptors (Lipinski definition) is 5. The third kappa shape index (κ3) is 5.14. The molecule has 6 nitrogen and oxygen atoms in total. The molecule has 1 heterocycles. The standard InChI is InChI=1S/C26H26N2O4/c1-18-19(17-26(29)30)6-5-10-25(18)31-14-15-32-28-24-9-4-7-20-16-21(11-12-22(20)24)23-8-2-3-13-27-23/h2-3,5-6,8,10-13,16H,4,7,9,14-15,17H2,1H3,(H,29,30)/b28-24+. The van der Waals surface area contributed by atoms with E-state index in [9.17, 15) is 4.79 Å². The van der Waals surface area contributed by atoms with Gasteiger partial charge in [0.05, 0.1) is 17.8 Å². The van der Waals surface area contributed by atoms with Crippen LogP contribution in [0.25, 0.3) is 11.3 Å². The van der Waals surface area contributed by atoms with Crippen molar-refractivity contribution < 1.29 is 19.5 Å². The second-order valence-corrected chi connectivity index (χ2v) is 7.77. The fourth-order valence-electron chi connectivity index (χ4n) is 3.93. The van der Waals surface area contributed by atoms with Crippen LogP contribution in [-0.2, 0) is 22.5 Å². The van der Waals surface area contributed by atoms with E-state index in [2.05, 4.69) is 28.3 Å². The van der Waals surface area contributed by atoms with Gasteiger partial charge in [0.2, 0.25) is 0 Å². The number of ether oxygens (including phenoxy) is 1. The van der Waals surface area contributed by atoms with Gasteiger partial charge in [-0.1, -0.05) is 35.5 Å². The zero-order chi connectivity index (χ0) is 22.3. The van der Waals surface area contributed by atoms with Crippen LogP contribution in [-0.4, -0.2) is 35.0 Å². The molecule has 0 atom stereocenters. The number of aliphatic carboxylic acids is 1. The van der Waals surface area contributed by atoms with E-state index in [1.807, 2.05) is 37.4 Å². The van der Waals surface area contributed by atoms with Crippen molar-refractivity contribution in [2.75, 3.05) is 13.2 Å². The van der Waals surface area contributed by atoms with Gasteiger partial charge in [-0.25, -0.2) is 0 Å². The minimum absolute atomic E-state index is 0.0192. The number of pyridine rings is 1. The highest BCUT2D eigenvalue weighted by atomic mass is 16.6. The van der Waals surface area contributed by atoms with Gasteiger partial charge < -0.3 is 14.7 Å². The van der Waals surface area contributed by atoms with Gasteiger partial charge >= 0.3 is 5.97 Å². The van der Waals surface area contributed by atoms with Crippen LogP contribution in [0.4, 0.5) is 0 Å². The van der Waals surface area contributed by atoms with Gasteiger partial charge in [0.15, 0.2) is 6.61 Å². The molecule has 0 radical (unpaired) electrons. The highest BCUT2D eigenvalue weighted by Crippen LogP contribution is 2.27. The second-order valence-electron chi connectivity index (χ2n) is 7.77. The highest BCUT2D eigenvalue weighted by Gasteiger charge is 2.17. The van der Waals surface area contributed by atoms with Gasteiger partial charge in [-0.15, -0.1) is 0 Å². The topological polar surface area (TPSA) is 81.0 Å². The Morgan fingerprint density at radius 1 is 1.09 bits per heavy atom. The first kappa shape index (κ1) is 21.6. The molecule has 1 aromatic heterocycles. The van der Waals surface area contributed by atoms with Crippen LogP contribution in [0.3, 0.4) is 0 Å². The maximum Gasteiger partial charge on any atom is 0.307 e. The molecule has 0 amide bonds. The Hall–Kier alpha value is -3.67. The normalized spacial score (nSPS) is 14.1. The first-order valence-electron chi connectivity index (χ1n) is 10.8. The Balaban J connectivity index is 1.36. The van der Waals surface area contributed by atoms with Crippen LogP contribution in [0.2, 0.25) is 0 Å². The lowest BCUT2D eigenvalue weighted by molar-refractivity contribution is -0.136. The molecule has 164 valence electrons. The zero-order valence-electron chi connectivity index (χ0n) is 18.1. The maximum absolute atomic E-state index is 11.0. The number of carboxylic acids is 1. The van der Waals surface area contributed by atoms with E-state index in [0.29, 0.717) is 19.0 Å². The molecule has 0 bridgehead atoms. The summed E-state index contributed by atoms with van der Waals surface area (Å²) in [6, 6.07) is 17.8. The predicted molar refractivity (Wildman–Crippen MR) is 123 cm³/mol. The smallest absolute Gasteiger partial charge is 0.307 e.